The third-order valence-corrected chi connectivity index (χ3v) is 5.25. The van der Waals surface area contributed by atoms with Gasteiger partial charge >= 0.3 is 5.97 Å². The molecule has 146 valence electrons. The highest BCUT2D eigenvalue weighted by Crippen LogP contribution is 2.45. The highest BCUT2D eigenvalue weighted by molar-refractivity contribution is 6.31. The summed E-state index contributed by atoms with van der Waals surface area (Å²) in [7, 11) is 0. The maximum atomic E-state index is 12.7. The van der Waals surface area contributed by atoms with Crippen molar-refractivity contribution in [3.63, 3.8) is 0 Å². The van der Waals surface area contributed by atoms with Gasteiger partial charge in [0, 0.05) is 16.1 Å². The highest BCUT2D eigenvalue weighted by atomic mass is 35.5. The summed E-state index contributed by atoms with van der Waals surface area (Å²) in [6.45, 7) is -0.558. The van der Waals surface area contributed by atoms with Crippen LogP contribution in [0, 0.1) is 10.1 Å². The van der Waals surface area contributed by atoms with Gasteiger partial charge in [0.25, 0.3) is 11.6 Å². The summed E-state index contributed by atoms with van der Waals surface area (Å²) in [6, 6.07) is 10.8. The molecule has 1 N–H and O–H groups in total. The topological polar surface area (TPSA) is 98.5 Å². The Hall–Kier alpha value is -2.64. The first-order valence-corrected chi connectivity index (χ1v) is 9.24. The lowest BCUT2D eigenvalue weighted by molar-refractivity contribution is -0.383. The molecule has 1 aliphatic rings. The number of rotatable bonds is 6. The van der Waals surface area contributed by atoms with Gasteiger partial charge < -0.3 is 10.1 Å². The molecule has 0 radical (unpaired) electrons. The van der Waals surface area contributed by atoms with Crippen molar-refractivity contribution in [2.45, 2.75) is 24.7 Å². The van der Waals surface area contributed by atoms with Crippen molar-refractivity contribution in [3.8, 4) is 0 Å². The predicted molar refractivity (Wildman–Crippen MR) is 105 cm³/mol. The van der Waals surface area contributed by atoms with Crippen molar-refractivity contribution in [1.82, 2.24) is 0 Å². The van der Waals surface area contributed by atoms with Crippen molar-refractivity contribution in [3.05, 3.63) is 68.2 Å². The molecule has 0 unspecified atom stereocenters. The summed E-state index contributed by atoms with van der Waals surface area (Å²) in [5.41, 5.74) is -0.359. The van der Waals surface area contributed by atoms with Crippen molar-refractivity contribution in [2.75, 3.05) is 11.9 Å². The molecular weight excluding hydrogens is 407 g/mol. The molecule has 1 fully saturated rings. The first-order chi connectivity index (χ1) is 13.3. The lowest BCUT2D eigenvalue weighted by Crippen LogP contribution is -2.44. The van der Waals surface area contributed by atoms with Gasteiger partial charge in [-0.2, -0.15) is 0 Å². The normalized spacial score (nSPS) is 14.6. The molecule has 0 saturated heterocycles. The molecule has 1 saturated carbocycles. The molecule has 0 aromatic heterocycles. The number of hydrogen-bond acceptors (Lipinski definition) is 5. The van der Waals surface area contributed by atoms with E-state index in [0.717, 1.165) is 12.0 Å². The van der Waals surface area contributed by atoms with Crippen LogP contribution >= 0.6 is 23.2 Å². The molecular formula is C19H16Cl2N2O5. The Balaban J connectivity index is 1.66. The number of nitrogens with one attached hydrogen (secondary N) is 1. The molecule has 9 heteroatoms. The zero-order valence-corrected chi connectivity index (χ0v) is 16.1. The summed E-state index contributed by atoms with van der Waals surface area (Å²) in [5, 5.41) is 14.2. The molecule has 0 atom stereocenters. The van der Waals surface area contributed by atoms with E-state index in [1.54, 1.807) is 24.3 Å². The molecule has 1 amide bonds. The molecule has 1 aliphatic carbocycles. The molecule has 7 nitrogen and oxygen atoms in total. The number of amides is 1. The van der Waals surface area contributed by atoms with E-state index < -0.39 is 28.8 Å². The molecule has 0 bridgehead atoms. The Kier molecular flexibility index (Phi) is 5.86. The van der Waals surface area contributed by atoms with E-state index in [4.69, 9.17) is 27.9 Å². The van der Waals surface area contributed by atoms with E-state index >= 15 is 0 Å². The Morgan fingerprint density at radius 2 is 1.75 bits per heavy atom. The van der Waals surface area contributed by atoms with Gasteiger partial charge in [0.1, 0.15) is 5.69 Å². The molecule has 3 rings (SSSR count). The zero-order chi connectivity index (χ0) is 20.3. The van der Waals surface area contributed by atoms with Crippen molar-refractivity contribution < 1.29 is 19.2 Å². The second kappa shape index (κ2) is 8.16. The Bertz CT molecular complexity index is 926. The van der Waals surface area contributed by atoms with Gasteiger partial charge in [0.05, 0.1) is 10.3 Å². The minimum Gasteiger partial charge on any atom is -0.455 e. The number of carbonyl (C=O) groups is 2. The third-order valence-electron chi connectivity index (χ3n) is 4.76. The second-order valence-corrected chi connectivity index (χ2v) is 7.36. The first-order valence-electron chi connectivity index (χ1n) is 8.49. The number of anilines is 1. The fourth-order valence-electron chi connectivity index (χ4n) is 3.13. The summed E-state index contributed by atoms with van der Waals surface area (Å²) in [5.74, 6) is -1.19. The fraction of sp³-hybridized carbons (Fsp3) is 0.263. The Morgan fingerprint density at radius 3 is 2.32 bits per heavy atom. The molecule has 0 aliphatic heterocycles. The predicted octanol–water partition coefficient (Wildman–Crippen LogP) is 4.51. The lowest BCUT2D eigenvalue weighted by atomic mass is 9.64. The average Bonchev–Trinajstić information content (AvgIpc) is 2.60. The maximum absolute atomic E-state index is 12.7. The number of carbonyl (C=O) groups excluding carboxylic acids is 2. The van der Waals surface area contributed by atoms with Gasteiger partial charge in [-0.05, 0) is 42.7 Å². The van der Waals surface area contributed by atoms with Crippen molar-refractivity contribution in [1.29, 1.82) is 0 Å². The summed E-state index contributed by atoms with van der Waals surface area (Å²) >= 11 is 11.7. The molecule has 0 spiro atoms. The van der Waals surface area contributed by atoms with Gasteiger partial charge in [0.2, 0.25) is 0 Å². The van der Waals surface area contributed by atoms with E-state index in [1.807, 2.05) is 0 Å². The van der Waals surface area contributed by atoms with Crippen molar-refractivity contribution >= 4 is 46.5 Å². The highest BCUT2D eigenvalue weighted by Gasteiger charge is 2.47. The number of esters is 1. The number of nitro groups is 1. The van der Waals surface area contributed by atoms with Gasteiger partial charge in [-0.15, -0.1) is 0 Å². The first kappa shape index (κ1) is 20.1. The number of nitrogens with zero attached hydrogens (tertiary/aromatic N) is 1. The summed E-state index contributed by atoms with van der Waals surface area (Å²) < 4.78 is 5.21. The maximum Gasteiger partial charge on any atom is 0.317 e. The number of nitro benzene ring substituents is 1. The number of hydrogen-bond donors (Lipinski definition) is 1. The Morgan fingerprint density at radius 1 is 1.11 bits per heavy atom. The lowest BCUT2D eigenvalue weighted by Gasteiger charge is -2.39. The van der Waals surface area contributed by atoms with Crippen molar-refractivity contribution in [2.24, 2.45) is 0 Å². The van der Waals surface area contributed by atoms with Crippen LogP contribution in [0.15, 0.2) is 42.5 Å². The van der Waals surface area contributed by atoms with E-state index in [2.05, 4.69) is 5.32 Å². The van der Waals surface area contributed by atoms with Crippen LogP contribution in [-0.4, -0.2) is 23.4 Å². The molecule has 28 heavy (non-hydrogen) atoms. The van der Waals surface area contributed by atoms with Gasteiger partial charge in [0.15, 0.2) is 6.61 Å². The van der Waals surface area contributed by atoms with E-state index in [-0.39, 0.29) is 16.4 Å². The van der Waals surface area contributed by atoms with Crippen LogP contribution in [0.25, 0.3) is 0 Å². The number of benzene rings is 2. The smallest absolute Gasteiger partial charge is 0.317 e. The quantitative estimate of drug-likeness (QED) is 0.419. The number of ether oxygens (including phenoxy) is 1. The van der Waals surface area contributed by atoms with Crippen LogP contribution < -0.4 is 5.32 Å². The van der Waals surface area contributed by atoms with Crippen LogP contribution in [0.2, 0.25) is 10.0 Å². The van der Waals surface area contributed by atoms with Gasteiger partial charge in [-0.3, -0.25) is 19.7 Å². The van der Waals surface area contributed by atoms with Crippen LogP contribution in [-0.2, 0) is 19.7 Å². The van der Waals surface area contributed by atoms with Crippen LogP contribution in [0.5, 0.6) is 0 Å². The fourth-order valence-corrected chi connectivity index (χ4v) is 3.43. The largest absolute Gasteiger partial charge is 0.455 e. The summed E-state index contributed by atoms with van der Waals surface area (Å²) in [4.78, 5) is 35.2. The molecule has 2 aromatic rings. The van der Waals surface area contributed by atoms with E-state index in [1.165, 1.54) is 18.2 Å². The van der Waals surface area contributed by atoms with Crippen LogP contribution in [0.4, 0.5) is 11.4 Å². The minimum atomic E-state index is -0.785. The van der Waals surface area contributed by atoms with Gasteiger partial charge in [-0.25, -0.2) is 0 Å². The molecule has 2 aromatic carbocycles. The second-order valence-electron chi connectivity index (χ2n) is 6.49. The Labute approximate surface area is 170 Å². The average molecular weight is 423 g/mol. The monoisotopic (exact) mass is 422 g/mol. The SMILES string of the molecule is O=C(COC(=O)C1(c2ccc(Cl)cc2)CCC1)Nc1cc(Cl)ccc1[N+](=O)[O-]. The number of halogens is 2. The zero-order valence-electron chi connectivity index (χ0n) is 14.6. The van der Waals surface area contributed by atoms with Crippen LogP contribution in [0.3, 0.4) is 0 Å². The third kappa shape index (κ3) is 4.10. The summed E-state index contributed by atoms with van der Waals surface area (Å²) in [6.07, 6.45) is 2.11. The van der Waals surface area contributed by atoms with Crippen LogP contribution in [0.1, 0.15) is 24.8 Å². The molecule has 0 heterocycles. The van der Waals surface area contributed by atoms with E-state index in [9.17, 15) is 19.7 Å². The standard InChI is InChI=1S/C19H16Cl2N2O5/c20-13-4-2-12(3-5-13)19(8-1-9-19)18(25)28-11-17(24)22-15-10-14(21)6-7-16(15)23(26)27/h2-7,10H,1,8-9,11H2,(H,22,24). The minimum absolute atomic E-state index is 0.0605. The van der Waals surface area contributed by atoms with Gasteiger partial charge in [-0.1, -0.05) is 41.8 Å². The van der Waals surface area contributed by atoms with E-state index in [0.29, 0.717) is 17.9 Å².